The van der Waals surface area contributed by atoms with E-state index in [9.17, 15) is 0 Å². The third-order valence-corrected chi connectivity index (χ3v) is 12.3. The Balaban J connectivity index is 0.963. The molecule has 2 nitrogen and oxygen atoms in total. The summed E-state index contributed by atoms with van der Waals surface area (Å²) >= 11 is 0. The predicted octanol–water partition coefficient (Wildman–Crippen LogP) is 14.7. The van der Waals surface area contributed by atoms with Crippen LogP contribution in [0.1, 0.15) is 22.3 Å². The Hall–Kier alpha value is -7.42. The van der Waals surface area contributed by atoms with Gasteiger partial charge in [0.1, 0.15) is 11.2 Å². The van der Waals surface area contributed by atoms with Crippen LogP contribution in [0.15, 0.2) is 217 Å². The van der Waals surface area contributed by atoms with E-state index in [-0.39, 0.29) is 5.41 Å². The lowest BCUT2D eigenvalue weighted by Crippen LogP contribution is -2.25. The minimum Gasteiger partial charge on any atom is -0.455 e. The highest BCUT2D eigenvalue weighted by molar-refractivity contribution is 6.09. The Morgan fingerprint density at radius 3 is 1.46 bits per heavy atom. The van der Waals surface area contributed by atoms with E-state index in [1.54, 1.807) is 0 Å². The zero-order chi connectivity index (χ0) is 37.5. The summed E-state index contributed by atoms with van der Waals surface area (Å²) in [4.78, 5) is 2.33. The first-order chi connectivity index (χ1) is 28.3. The second-order valence-electron chi connectivity index (χ2n) is 15.2. The van der Waals surface area contributed by atoms with Crippen LogP contribution in [0.3, 0.4) is 0 Å². The van der Waals surface area contributed by atoms with Crippen molar-refractivity contribution in [2.45, 2.75) is 5.41 Å². The number of rotatable bonds is 5. The largest absolute Gasteiger partial charge is 0.455 e. The van der Waals surface area contributed by atoms with Crippen LogP contribution in [0, 0.1) is 0 Å². The molecular weight excluding hydrogens is 691 g/mol. The number of para-hydroxylation sites is 3. The van der Waals surface area contributed by atoms with Crippen LogP contribution in [0.4, 0.5) is 17.1 Å². The number of nitrogens with zero attached hydrogens (tertiary/aromatic N) is 1. The minimum absolute atomic E-state index is 0.360. The van der Waals surface area contributed by atoms with Gasteiger partial charge in [-0.25, -0.2) is 0 Å². The topological polar surface area (TPSA) is 16.4 Å². The van der Waals surface area contributed by atoms with Gasteiger partial charge < -0.3 is 9.32 Å². The molecule has 0 N–H and O–H groups in total. The zero-order valence-electron chi connectivity index (χ0n) is 31.1. The number of anilines is 3. The monoisotopic (exact) mass is 725 g/mol. The molecule has 0 amide bonds. The maximum absolute atomic E-state index is 6.40. The van der Waals surface area contributed by atoms with Crippen LogP contribution < -0.4 is 4.90 Å². The molecule has 0 radical (unpaired) electrons. The van der Waals surface area contributed by atoms with Gasteiger partial charge in [0.2, 0.25) is 0 Å². The van der Waals surface area contributed by atoms with E-state index in [1.807, 2.05) is 12.1 Å². The molecule has 0 fully saturated rings. The summed E-state index contributed by atoms with van der Waals surface area (Å²) in [6.07, 6.45) is 0. The van der Waals surface area contributed by atoms with Crippen LogP contribution in [0.25, 0.3) is 66.4 Å². The van der Waals surface area contributed by atoms with Gasteiger partial charge in [-0.1, -0.05) is 170 Å². The molecule has 2 aliphatic rings. The summed E-state index contributed by atoms with van der Waals surface area (Å²) in [5.41, 5.74) is 20.1. The Morgan fingerprint density at radius 1 is 0.316 bits per heavy atom. The molecule has 57 heavy (non-hydrogen) atoms. The first-order valence-electron chi connectivity index (χ1n) is 19.7. The van der Waals surface area contributed by atoms with E-state index in [4.69, 9.17) is 4.42 Å². The Labute approximate surface area is 331 Å². The highest BCUT2D eigenvalue weighted by Gasteiger charge is 2.51. The van der Waals surface area contributed by atoms with E-state index < -0.39 is 0 Å². The fourth-order valence-corrected chi connectivity index (χ4v) is 9.96. The SMILES string of the molecule is c1ccc(N(c2ccc(-c3cccc4c3-c3ccccc3C43c4ccccc4-c4ccccc43)cc2)c2ccc(-c3cccc4c3oc3ccccc34)cc2)cc1. The molecule has 1 aromatic heterocycles. The van der Waals surface area contributed by atoms with Crippen molar-refractivity contribution in [3.8, 4) is 44.5 Å². The van der Waals surface area contributed by atoms with Crippen molar-refractivity contribution >= 4 is 39.0 Å². The van der Waals surface area contributed by atoms with Gasteiger partial charge in [-0.3, -0.25) is 0 Å². The Morgan fingerprint density at radius 2 is 0.772 bits per heavy atom. The summed E-state index contributed by atoms with van der Waals surface area (Å²) < 4.78 is 6.40. The summed E-state index contributed by atoms with van der Waals surface area (Å²) in [6.45, 7) is 0. The van der Waals surface area contributed by atoms with Crippen molar-refractivity contribution in [3.63, 3.8) is 0 Å². The number of fused-ring (bicyclic) bond motifs is 13. The molecule has 1 spiro atoms. The van der Waals surface area contributed by atoms with Crippen LogP contribution >= 0.6 is 0 Å². The quantitative estimate of drug-likeness (QED) is 0.176. The first kappa shape index (κ1) is 31.9. The zero-order valence-corrected chi connectivity index (χ0v) is 31.1. The van der Waals surface area contributed by atoms with Crippen molar-refractivity contribution in [1.29, 1.82) is 0 Å². The number of hydrogen-bond donors (Lipinski definition) is 0. The number of hydrogen-bond acceptors (Lipinski definition) is 2. The van der Waals surface area contributed by atoms with E-state index in [2.05, 4.69) is 205 Å². The first-order valence-corrected chi connectivity index (χ1v) is 19.7. The highest BCUT2D eigenvalue weighted by atomic mass is 16.3. The van der Waals surface area contributed by atoms with Crippen LogP contribution in [0.2, 0.25) is 0 Å². The standard InChI is InChI=1S/C55H35NO/c1-2-14-38(15-3-1)56(40-34-30-37(31-35-40)42-21-12-22-46-45-18-7-11-27-52(45)57-54(42)46)39-32-28-36(29-33-39)41-20-13-26-51-53(41)47-19-6-10-25-50(47)55(51)48-23-8-4-16-43(48)44-17-5-9-24-49(44)55/h1-35H. The van der Waals surface area contributed by atoms with E-state index in [1.165, 1.54) is 55.6 Å². The van der Waals surface area contributed by atoms with Gasteiger partial charge in [0.25, 0.3) is 0 Å². The minimum atomic E-state index is -0.360. The van der Waals surface area contributed by atoms with Gasteiger partial charge in [-0.05, 0) is 104 Å². The van der Waals surface area contributed by atoms with Gasteiger partial charge in [-0.15, -0.1) is 0 Å². The average molecular weight is 726 g/mol. The van der Waals surface area contributed by atoms with Crippen molar-refractivity contribution in [2.24, 2.45) is 0 Å². The molecule has 10 aromatic rings. The van der Waals surface area contributed by atoms with Crippen molar-refractivity contribution in [2.75, 3.05) is 4.90 Å². The van der Waals surface area contributed by atoms with Gasteiger partial charge in [-0.2, -0.15) is 0 Å². The van der Waals surface area contributed by atoms with Crippen molar-refractivity contribution < 1.29 is 4.42 Å². The van der Waals surface area contributed by atoms with Crippen molar-refractivity contribution in [3.05, 3.63) is 235 Å². The van der Waals surface area contributed by atoms with E-state index >= 15 is 0 Å². The lowest BCUT2D eigenvalue weighted by molar-refractivity contribution is 0.670. The van der Waals surface area contributed by atoms with Crippen LogP contribution in [-0.4, -0.2) is 0 Å². The fraction of sp³-hybridized carbons (Fsp3) is 0.0182. The lowest BCUT2D eigenvalue weighted by Gasteiger charge is -2.30. The Bertz CT molecular complexity index is 3130. The summed E-state index contributed by atoms with van der Waals surface area (Å²) in [5.74, 6) is 0. The van der Waals surface area contributed by atoms with Crippen molar-refractivity contribution in [1.82, 2.24) is 0 Å². The molecule has 2 aliphatic carbocycles. The normalized spacial score (nSPS) is 13.1. The van der Waals surface area contributed by atoms with E-state index in [0.29, 0.717) is 0 Å². The highest BCUT2D eigenvalue weighted by Crippen LogP contribution is 2.64. The van der Waals surface area contributed by atoms with Gasteiger partial charge in [0.05, 0.1) is 5.41 Å². The lowest BCUT2D eigenvalue weighted by atomic mass is 9.70. The van der Waals surface area contributed by atoms with Crippen LogP contribution in [-0.2, 0) is 5.41 Å². The number of benzene rings is 9. The molecule has 0 saturated heterocycles. The predicted molar refractivity (Wildman–Crippen MR) is 236 cm³/mol. The van der Waals surface area contributed by atoms with Gasteiger partial charge >= 0.3 is 0 Å². The third kappa shape index (κ3) is 4.53. The van der Waals surface area contributed by atoms with Gasteiger partial charge in [0, 0.05) is 33.4 Å². The maximum atomic E-state index is 6.40. The second kappa shape index (κ2) is 12.3. The summed E-state index contributed by atoms with van der Waals surface area (Å²) in [7, 11) is 0. The molecule has 2 heteroatoms. The molecule has 1 heterocycles. The molecule has 0 unspecified atom stereocenters. The average Bonchev–Trinajstić information content (AvgIpc) is 3.92. The molecule has 12 rings (SSSR count). The Kier molecular flexibility index (Phi) is 6.88. The fourth-order valence-electron chi connectivity index (χ4n) is 9.96. The molecule has 266 valence electrons. The second-order valence-corrected chi connectivity index (χ2v) is 15.2. The number of furan rings is 1. The molecular formula is C55H35NO. The smallest absolute Gasteiger partial charge is 0.143 e. The van der Waals surface area contributed by atoms with Crippen LogP contribution in [0.5, 0.6) is 0 Å². The molecule has 9 aromatic carbocycles. The van der Waals surface area contributed by atoms with Gasteiger partial charge in [0.15, 0.2) is 0 Å². The van der Waals surface area contributed by atoms with E-state index in [0.717, 1.165) is 50.1 Å². The maximum Gasteiger partial charge on any atom is 0.143 e. The summed E-state index contributed by atoms with van der Waals surface area (Å²) in [5, 5.41) is 2.28. The molecule has 0 aliphatic heterocycles. The summed E-state index contributed by atoms with van der Waals surface area (Å²) in [6, 6.07) is 77.3. The molecule has 0 saturated carbocycles. The third-order valence-electron chi connectivity index (χ3n) is 12.3. The molecule has 0 atom stereocenters. The molecule has 0 bridgehead atoms.